The lowest BCUT2D eigenvalue weighted by atomic mass is 10.2. The second-order valence-corrected chi connectivity index (χ2v) is 3.72. The van der Waals surface area contributed by atoms with Gasteiger partial charge in [0.25, 0.3) is 0 Å². The molecule has 92 valence electrons. The number of hydrogen-bond donors (Lipinski definition) is 2. The minimum Gasteiger partial charge on any atom is -0.480 e. The van der Waals surface area contributed by atoms with Gasteiger partial charge in [0.15, 0.2) is 0 Å². The molecule has 0 saturated carbocycles. The van der Waals surface area contributed by atoms with Crippen LogP contribution in [0.25, 0.3) is 0 Å². The standard InChI is InChI=1S/C11H15N3O3/c1-8(10(15)16)13-11(17)14(2)7-9-3-5-12-6-4-9/h3-6,8H,7H2,1-2H3,(H,13,17)(H,15,16)/t8-/m1/s1. The van der Waals surface area contributed by atoms with Gasteiger partial charge in [-0.1, -0.05) is 0 Å². The first kappa shape index (κ1) is 13.0. The van der Waals surface area contributed by atoms with Gasteiger partial charge in [0, 0.05) is 26.0 Å². The lowest BCUT2D eigenvalue weighted by Gasteiger charge is -2.19. The van der Waals surface area contributed by atoms with Gasteiger partial charge in [-0.05, 0) is 24.6 Å². The van der Waals surface area contributed by atoms with Gasteiger partial charge in [-0.15, -0.1) is 0 Å². The molecule has 6 heteroatoms. The zero-order chi connectivity index (χ0) is 12.8. The number of carboxylic acid groups (broad SMARTS) is 1. The third-order valence-electron chi connectivity index (χ3n) is 2.23. The summed E-state index contributed by atoms with van der Waals surface area (Å²) < 4.78 is 0. The number of nitrogens with zero attached hydrogens (tertiary/aromatic N) is 2. The van der Waals surface area contributed by atoms with Crippen molar-refractivity contribution in [3.05, 3.63) is 30.1 Å². The Labute approximate surface area is 99.3 Å². The van der Waals surface area contributed by atoms with E-state index in [0.717, 1.165) is 5.56 Å². The Kier molecular flexibility index (Phi) is 4.45. The number of pyridine rings is 1. The number of carbonyl (C=O) groups is 2. The summed E-state index contributed by atoms with van der Waals surface area (Å²) in [4.78, 5) is 27.5. The van der Waals surface area contributed by atoms with Crippen molar-refractivity contribution < 1.29 is 14.7 Å². The van der Waals surface area contributed by atoms with E-state index in [1.54, 1.807) is 31.6 Å². The predicted molar refractivity (Wildman–Crippen MR) is 61.3 cm³/mol. The van der Waals surface area contributed by atoms with Crippen LogP contribution in [0.5, 0.6) is 0 Å². The van der Waals surface area contributed by atoms with Crippen molar-refractivity contribution in [2.75, 3.05) is 7.05 Å². The van der Waals surface area contributed by atoms with E-state index in [9.17, 15) is 9.59 Å². The SMILES string of the molecule is C[C@@H](NC(=O)N(C)Cc1ccncc1)C(=O)O. The quantitative estimate of drug-likeness (QED) is 0.807. The Balaban J connectivity index is 2.50. The zero-order valence-electron chi connectivity index (χ0n) is 9.75. The van der Waals surface area contributed by atoms with E-state index in [1.165, 1.54) is 11.8 Å². The molecular formula is C11H15N3O3. The summed E-state index contributed by atoms with van der Waals surface area (Å²) in [5.41, 5.74) is 0.931. The molecule has 6 nitrogen and oxygen atoms in total. The van der Waals surface area contributed by atoms with Gasteiger partial charge in [0.05, 0.1) is 0 Å². The fourth-order valence-electron chi connectivity index (χ4n) is 1.19. The van der Waals surface area contributed by atoms with Gasteiger partial charge < -0.3 is 15.3 Å². The van der Waals surface area contributed by atoms with E-state index < -0.39 is 18.0 Å². The molecule has 0 saturated heterocycles. The monoisotopic (exact) mass is 237 g/mol. The summed E-state index contributed by atoms with van der Waals surface area (Å²) in [6, 6.07) is 2.27. The van der Waals surface area contributed by atoms with E-state index >= 15 is 0 Å². The normalized spacial score (nSPS) is 11.6. The lowest BCUT2D eigenvalue weighted by molar-refractivity contribution is -0.138. The third-order valence-corrected chi connectivity index (χ3v) is 2.23. The van der Waals surface area contributed by atoms with Crippen molar-refractivity contribution in [2.24, 2.45) is 0 Å². The van der Waals surface area contributed by atoms with E-state index in [4.69, 9.17) is 5.11 Å². The smallest absolute Gasteiger partial charge is 0.325 e. The Bertz CT molecular complexity index is 394. The second-order valence-electron chi connectivity index (χ2n) is 3.72. The number of aromatic nitrogens is 1. The molecule has 1 aromatic rings. The summed E-state index contributed by atoms with van der Waals surface area (Å²) in [5.74, 6) is -1.06. The molecule has 0 aromatic carbocycles. The molecule has 0 aliphatic carbocycles. The van der Waals surface area contributed by atoms with Crippen LogP contribution < -0.4 is 5.32 Å². The van der Waals surface area contributed by atoms with Gasteiger partial charge in [-0.3, -0.25) is 9.78 Å². The number of aliphatic carboxylic acids is 1. The molecule has 17 heavy (non-hydrogen) atoms. The summed E-state index contributed by atoms with van der Waals surface area (Å²) in [6.45, 7) is 1.82. The number of urea groups is 1. The van der Waals surface area contributed by atoms with E-state index in [-0.39, 0.29) is 0 Å². The van der Waals surface area contributed by atoms with Gasteiger partial charge in [-0.25, -0.2) is 4.79 Å². The molecule has 0 radical (unpaired) electrons. The predicted octanol–water partition coefficient (Wildman–Crippen LogP) is 0.696. The van der Waals surface area contributed by atoms with Crippen LogP contribution in [0, 0.1) is 0 Å². The van der Waals surface area contributed by atoms with Gasteiger partial charge in [0.2, 0.25) is 0 Å². The maximum atomic E-state index is 11.6. The maximum Gasteiger partial charge on any atom is 0.325 e. The molecule has 1 atom stereocenters. The van der Waals surface area contributed by atoms with Crippen LogP contribution in [-0.2, 0) is 11.3 Å². The molecule has 1 aromatic heterocycles. The molecule has 0 unspecified atom stereocenters. The van der Waals surface area contributed by atoms with Gasteiger partial charge in [-0.2, -0.15) is 0 Å². The van der Waals surface area contributed by atoms with Crippen LogP contribution in [0.15, 0.2) is 24.5 Å². The number of amides is 2. The molecule has 0 bridgehead atoms. The summed E-state index contributed by atoms with van der Waals surface area (Å²) in [6.07, 6.45) is 3.28. The molecule has 0 spiro atoms. The first-order valence-electron chi connectivity index (χ1n) is 5.14. The van der Waals surface area contributed by atoms with E-state index in [0.29, 0.717) is 6.54 Å². The summed E-state index contributed by atoms with van der Waals surface area (Å²) >= 11 is 0. The molecular weight excluding hydrogens is 222 g/mol. The molecule has 0 aliphatic heterocycles. The Hall–Kier alpha value is -2.11. The number of carboxylic acids is 1. The minimum atomic E-state index is -1.06. The Morgan fingerprint density at radius 1 is 1.47 bits per heavy atom. The van der Waals surface area contributed by atoms with Crippen LogP contribution in [-0.4, -0.2) is 40.1 Å². The summed E-state index contributed by atoms with van der Waals surface area (Å²) in [5, 5.41) is 11.0. The van der Waals surface area contributed by atoms with Crippen molar-refractivity contribution in [1.82, 2.24) is 15.2 Å². The Morgan fingerprint density at radius 3 is 2.59 bits per heavy atom. The molecule has 1 heterocycles. The second kappa shape index (κ2) is 5.83. The molecule has 0 aliphatic rings. The van der Waals surface area contributed by atoms with E-state index in [2.05, 4.69) is 10.3 Å². The first-order chi connectivity index (χ1) is 8.00. The lowest BCUT2D eigenvalue weighted by Crippen LogP contribution is -2.44. The number of nitrogens with one attached hydrogen (secondary N) is 1. The van der Waals surface area contributed by atoms with Gasteiger partial charge >= 0.3 is 12.0 Å². The number of rotatable bonds is 4. The molecule has 2 N–H and O–H groups in total. The molecule has 0 fully saturated rings. The maximum absolute atomic E-state index is 11.6. The van der Waals surface area contributed by atoms with Crippen molar-refractivity contribution >= 4 is 12.0 Å². The van der Waals surface area contributed by atoms with Crippen LogP contribution in [0.3, 0.4) is 0 Å². The Morgan fingerprint density at radius 2 is 2.06 bits per heavy atom. The van der Waals surface area contributed by atoms with Crippen LogP contribution in [0.2, 0.25) is 0 Å². The number of carbonyl (C=O) groups excluding carboxylic acids is 1. The van der Waals surface area contributed by atoms with E-state index in [1.807, 2.05) is 0 Å². The average Bonchev–Trinajstić information content (AvgIpc) is 2.29. The highest BCUT2D eigenvalue weighted by Gasteiger charge is 2.16. The van der Waals surface area contributed by atoms with Gasteiger partial charge in [0.1, 0.15) is 6.04 Å². The number of hydrogen-bond acceptors (Lipinski definition) is 3. The topological polar surface area (TPSA) is 82.5 Å². The highest BCUT2D eigenvalue weighted by molar-refractivity contribution is 5.82. The highest BCUT2D eigenvalue weighted by Crippen LogP contribution is 2.01. The minimum absolute atomic E-state index is 0.403. The first-order valence-corrected chi connectivity index (χ1v) is 5.14. The van der Waals surface area contributed by atoms with Crippen molar-refractivity contribution in [3.63, 3.8) is 0 Å². The fraction of sp³-hybridized carbons (Fsp3) is 0.364. The van der Waals surface area contributed by atoms with Crippen molar-refractivity contribution in [3.8, 4) is 0 Å². The fourth-order valence-corrected chi connectivity index (χ4v) is 1.19. The van der Waals surface area contributed by atoms with Crippen LogP contribution in [0.4, 0.5) is 4.79 Å². The average molecular weight is 237 g/mol. The third kappa shape index (κ3) is 4.10. The van der Waals surface area contributed by atoms with Crippen molar-refractivity contribution in [2.45, 2.75) is 19.5 Å². The molecule has 1 rings (SSSR count). The summed E-state index contributed by atoms with van der Waals surface area (Å²) in [7, 11) is 1.60. The van der Waals surface area contributed by atoms with Crippen LogP contribution in [0.1, 0.15) is 12.5 Å². The molecule has 2 amide bonds. The van der Waals surface area contributed by atoms with Crippen molar-refractivity contribution in [1.29, 1.82) is 0 Å². The zero-order valence-corrected chi connectivity index (χ0v) is 9.75. The largest absolute Gasteiger partial charge is 0.480 e. The van der Waals surface area contributed by atoms with Crippen LogP contribution >= 0.6 is 0 Å². The highest BCUT2D eigenvalue weighted by atomic mass is 16.4.